The van der Waals surface area contributed by atoms with Crippen molar-refractivity contribution in [3.63, 3.8) is 0 Å². The van der Waals surface area contributed by atoms with Gasteiger partial charge in [0.05, 0.1) is 19.3 Å². The molecule has 1 saturated carbocycles. The van der Waals surface area contributed by atoms with Gasteiger partial charge < -0.3 is 9.64 Å². The van der Waals surface area contributed by atoms with E-state index < -0.39 is 0 Å². The lowest BCUT2D eigenvalue weighted by molar-refractivity contribution is -0.128. The molecule has 80 valence electrons. The molecule has 1 heterocycles. The molecule has 0 radical (unpaired) electrons. The second kappa shape index (κ2) is 4.28. The molecule has 1 atom stereocenters. The summed E-state index contributed by atoms with van der Waals surface area (Å²) in [6.45, 7) is 4.76. The van der Waals surface area contributed by atoms with Crippen LogP contribution < -0.4 is 5.32 Å². The van der Waals surface area contributed by atoms with E-state index >= 15 is 0 Å². The van der Waals surface area contributed by atoms with Crippen molar-refractivity contribution in [2.75, 3.05) is 26.3 Å². The van der Waals surface area contributed by atoms with Crippen LogP contribution in [0.2, 0.25) is 0 Å². The van der Waals surface area contributed by atoms with Crippen LogP contribution in [-0.2, 0) is 9.53 Å². The zero-order valence-corrected chi connectivity index (χ0v) is 8.66. The van der Waals surface area contributed by atoms with Crippen LogP contribution in [-0.4, -0.2) is 43.3 Å². The minimum absolute atomic E-state index is 0.173. The van der Waals surface area contributed by atoms with E-state index in [0.717, 1.165) is 19.1 Å². The van der Waals surface area contributed by atoms with Crippen LogP contribution >= 0.6 is 0 Å². The number of ether oxygens (including phenoxy) is 1. The highest BCUT2D eigenvalue weighted by atomic mass is 16.5. The molecular weight excluding hydrogens is 180 g/mol. The van der Waals surface area contributed by atoms with E-state index in [4.69, 9.17) is 4.74 Å². The number of hydrogen-bond donors (Lipinski definition) is 1. The van der Waals surface area contributed by atoms with Crippen molar-refractivity contribution in [3.05, 3.63) is 0 Å². The maximum absolute atomic E-state index is 11.3. The molecule has 0 aromatic heterocycles. The number of carbonyl (C=O) groups is 1. The maximum atomic E-state index is 11.3. The Balaban J connectivity index is 1.60. The summed E-state index contributed by atoms with van der Waals surface area (Å²) in [5.74, 6) is 0.993. The van der Waals surface area contributed by atoms with Gasteiger partial charge in [0.1, 0.15) is 0 Å². The molecule has 1 aliphatic heterocycles. The quantitative estimate of drug-likeness (QED) is 0.641. The third-order valence-corrected chi connectivity index (χ3v) is 2.86. The van der Waals surface area contributed by atoms with Gasteiger partial charge in [0.15, 0.2) is 0 Å². The fourth-order valence-electron chi connectivity index (χ4n) is 1.68. The van der Waals surface area contributed by atoms with Crippen molar-refractivity contribution in [2.24, 2.45) is 5.92 Å². The highest BCUT2D eigenvalue weighted by Gasteiger charge is 2.26. The van der Waals surface area contributed by atoms with Crippen molar-refractivity contribution in [1.82, 2.24) is 10.2 Å². The Hall–Kier alpha value is -0.610. The van der Waals surface area contributed by atoms with Crippen LogP contribution in [0.25, 0.3) is 0 Å². The molecule has 4 nitrogen and oxygen atoms in total. The first kappa shape index (κ1) is 9.93. The summed E-state index contributed by atoms with van der Waals surface area (Å²) in [4.78, 5) is 13.2. The zero-order chi connectivity index (χ0) is 9.97. The van der Waals surface area contributed by atoms with Gasteiger partial charge in [-0.2, -0.15) is 0 Å². The van der Waals surface area contributed by atoms with E-state index in [1.807, 2.05) is 11.8 Å². The summed E-state index contributed by atoms with van der Waals surface area (Å²) in [7, 11) is 0. The van der Waals surface area contributed by atoms with Crippen molar-refractivity contribution < 1.29 is 9.53 Å². The fraction of sp³-hybridized carbons (Fsp3) is 0.900. The molecule has 0 bridgehead atoms. The lowest BCUT2D eigenvalue weighted by Crippen LogP contribution is -2.37. The highest BCUT2D eigenvalue weighted by molar-refractivity contribution is 5.80. The van der Waals surface area contributed by atoms with E-state index in [1.54, 1.807) is 0 Å². The van der Waals surface area contributed by atoms with Gasteiger partial charge in [0, 0.05) is 13.2 Å². The molecule has 1 amide bonds. The number of hydrogen-bond acceptors (Lipinski definition) is 3. The lowest BCUT2D eigenvalue weighted by atomic mass is 10.4. The number of carbonyl (C=O) groups excluding carboxylic acids is 1. The van der Waals surface area contributed by atoms with Crippen molar-refractivity contribution in [1.29, 1.82) is 0 Å². The number of nitrogens with one attached hydrogen (secondary N) is 1. The van der Waals surface area contributed by atoms with Gasteiger partial charge in [-0.05, 0) is 25.7 Å². The molecule has 0 aromatic carbocycles. The van der Waals surface area contributed by atoms with Gasteiger partial charge in [0.2, 0.25) is 5.91 Å². The first-order valence-electron chi connectivity index (χ1n) is 5.38. The third kappa shape index (κ3) is 2.45. The first-order chi connectivity index (χ1) is 6.77. The fourth-order valence-corrected chi connectivity index (χ4v) is 1.68. The van der Waals surface area contributed by atoms with Gasteiger partial charge >= 0.3 is 0 Å². The van der Waals surface area contributed by atoms with E-state index in [9.17, 15) is 4.79 Å². The molecule has 0 spiro atoms. The molecule has 1 N–H and O–H groups in total. The minimum Gasteiger partial charge on any atom is -0.379 e. The standard InChI is InChI=1S/C10H18N2O2/c1-8-11-6-10(13)12(8)4-5-14-7-9-2-3-9/h8-9,11H,2-7H2,1H3. The summed E-state index contributed by atoms with van der Waals surface area (Å²) < 4.78 is 5.49. The van der Waals surface area contributed by atoms with E-state index in [-0.39, 0.29) is 12.1 Å². The van der Waals surface area contributed by atoms with Crippen molar-refractivity contribution in [2.45, 2.75) is 25.9 Å². The van der Waals surface area contributed by atoms with Gasteiger partial charge in [-0.1, -0.05) is 0 Å². The van der Waals surface area contributed by atoms with E-state index in [1.165, 1.54) is 12.8 Å². The Morgan fingerprint density at radius 3 is 2.93 bits per heavy atom. The summed E-state index contributed by atoms with van der Waals surface area (Å²) in [5.41, 5.74) is 0. The molecule has 2 fully saturated rings. The van der Waals surface area contributed by atoms with Crippen LogP contribution in [0, 0.1) is 5.92 Å². The van der Waals surface area contributed by atoms with E-state index in [2.05, 4.69) is 5.32 Å². The topological polar surface area (TPSA) is 41.6 Å². The van der Waals surface area contributed by atoms with Crippen molar-refractivity contribution >= 4 is 5.91 Å². The zero-order valence-electron chi connectivity index (χ0n) is 8.66. The van der Waals surface area contributed by atoms with Crippen LogP contribution in [0.5, 0.6) is 0 Å². The Kier molecular flexibility index (Phi) is 3.03. The average Bonchev–Trinajstić information content (AvgIpc) is 2.93. The SMILES string of the molecule is CC1NCC(=O)N1CCOCC1CC1. The molecule has 14 heavy (non-hydrogen) atoms. The van der Waals surface area contributed by atoms with Crippen molar-refractivity contribution in [3.8, 4) is 0 Å². The number of rotatable bonds is 5. The Labute approximate surface area is 84.6 Å². The Bertz CT molecular complexity index is 216. The van der Waals surface area contributed by atoms with Gasteiger partial charge in [-0.3, -0.25) is 10.1 Å². The van der Waals surface area contributed by atoms with Gasteiger partial charge in [-0.15, -0.1) is 0 Å². The second-order valence-corrected chi connectivity index (χ2v) is 4.16. The average molecular weight is 198 g/mol. The molecule has 2 aliphatic rings. The predicted octanol–water partition coefficient (Wildman–Crippen LogP) is 0.191. The van der Waals surface area contributed by atoms with Crippen LogP contribution in [0.3, 0.4) is 0 Å². The first-order valence-corrected chi connectivity index (χ1v) is 5.38. The summed E-state index contributed by atoms with van der Waals surface area (Å²) >= 11 is 0. The summed E-state index contributed by atoms with van der Waals surface area (Å²) in [6.07, 6.45) is 2.81. The summed E-state index contributed by atoms with van der Waals surface area (Å²) in [5, 5.41) is 3.10. The molecule has 1 saturated heterocycles. The minimum atomic E-state index is 0.173. The smallest absolute Gasteiger partial charge is 0.237 e. The van der Waals surface area contributed by atoms with Gasteiger partial charge in [-0.25, -0.2) is 0 Å². The molecule has 2 rings (SSSR count). The molecule has 4 heteroatoms. The lowest BCUT2D eigenvalue weighted by Gasteiger charge is -2.20. The number of nitrogens with zero attached hydrogens (tertiary/aromatic N) is 1. The normalized spacial score (nSPS) is 27.4. The van der Waals surface area contributed by atoms with Gasteiger partial charge in [0.25, 0.3) is 0 Å². The molecule has 0 aromatic rings. The largest absolute Gasteiger partial charge is 0.379 e. The third-order valence-electron chi connectivity index (χ3n) is 2.86. The van der Waals surface area contributed by atoms with Crippen LogP contribution in [0.1, 0.15) is 19.8 Å². The van der Waals surface area contributed by atoms with Crippen LogP contribution in [0.15, 0.2) is 0 Å². The summed E-state index contributed by atoms with van der Waals surface area (Å²) in [6, 6.07) is 0. The highest BCUT2D eigenvalue weighted by Crippen LogP contribution is 2.28. The second-order valence-electron chi connectivity index (χ2n) is 4.16. The molecule has 1 aliphatic carbocycles. The van der Waals surface area contributed by atoms with Crippen LogP contribution in [0.4, 0.5) is 0 Å². The molecule has 1 unspecified atom stereocenters. The molecular formula is C10H18N2O2. The predicted molar refractivity (Wildman–Crippen MR) is 52.7 cm³/mol. The maximum Gasteiger partial charge on any atom is 0.237 e. The number of amides is 1. The van der Waals surface area contributed by atoms with E-state index in [0.29, 0.717) is 13.2 Å². The Morgan fingerprint density at radius 1 is 1.57 bits per heavy atom. The Morgan fingerprint density at radius 2 is 2.36 bits per heavy atom. The monoisotopic (exact) mass is 198 g/mol.